The molecule has 0 radical (unpaired) electrons. The van der Waals surface area contributed by atoms with Gasteiger partial charge in [-0.2, -0.15) is 13.2 Å². The predicted octanol–water partition coefficient (Wildman–Crippen LogP) is 3.96. The number of pyridine rings is 2. The standard InChI is InChI=1S/C16H16F3N3O2.C4H11N/c1-10-7-13(8-21-15(10)24-9-16(17,18)19)11(2)22-14(23)12-3-5-20-6-4-12;1-4(2,3)5/h3-8,11H,9H2,1-2H3,(H,22,23);5H2,1-3H3. The van der Waals surface area contributed by atoms with Crippen LogP contribution in [-0.4, -0.2) is 34.2 Å². The van der Waals surface area contributed by atoms with Crippen molar-refractivity contribution >= 4 is 5.91 Å². The van der Waals surface area contributed by atoms with Crippen molar-refractivity contribution in [2.24, 2.45) is 5.73 Å². The van der Waals surface area contributed by atoms with Crippen molar-refractivity contribution in [3.63, 3.8) is 0 Å². The minimum Gasteiger partial charge on any atom is -0.468 e. The number of nitrogens with one attached hydrogen (secondary N) is 1. The molecule has 6 nitrogen and oxygen atoms in total. The Bertz CT molecular complexity index is 785. The van der Waals surface area contributed by atoms with Gasteiger partial charge in [0.25, 0.3) is 5.91 Å². The molecule has 0 fully saturated rings. The highest BCUT2D eigenvalue weighted by molar-refractivity contribution is 5.94. The van der Waals surface area contributed by atoms with Crippen LogP contribution in [-0.2, 0) is 0 Å². The van der Waals surface area contributed by atoms with E-state index in [1.54, 1.807) is 32.0 Å². The number of alkyl halides is 3. The maximum Gasteiger partial charge on any atom is 0.422 e. The molecule has 1 atom stereocenters. The lowest BCUT2D eigenvalue weighted by molar-refractivity contribution is -0.154. The Morgan fingerprint density at radius 3 is 2.28 bits per heavy atom. The predicted molar refractivity (Wildman–Crippen MR) is 105 cm³/mol. The molecule has 1 amide bonds. The summed E-state index contributed by atoms with van der Waals surface area (Å²) in [6.07, 6.45) is -0.00899. The number of aryl methyl sites for hydroxylation is 1. The number of aromatic nitrogens is 2. The van der Waals surface area contributed by atoms with E-state index in [1.807, 2.05) is 20.8 Å². The largest absolute Gasteiger partial charge is 0.468 e. The maximum atomic E-state index is 12.2. The van der Waals surface area contributed by atoms with Gasteiger partial charge >= 0.3 is 6.18 Å². The van der Waals surface area contributed by atoms with Crippen LogP contribution in [0.5, 0.6) is 5.88 Å². The molecule has 29 heavy (non-hydrogen) atoms. The molecule has 0 saturated heterocycles. The average molecular weight is 412 g/mol. The summed E-state index contributed by atoms with van der Waals surface area (Å²) < 4.78 is 41.2. The molecule has 3 N–H and O–H groups in total. The molecule has 0 spiro atoms. The third kappa shape index (κ3) is 10.4. The molecule has 0 aliphatic heterocycles. The second kappa shape index (κ2) is 10.2. The van der Waals surface area contributed by atoms with Crippen LogP contribution in [0.15, 0.2) is 36.8 Å². The number of carbonyl (C=O) groups excluding carboxylic acids is 1. The van der Waals surface area contributed by atoms with Crippen LogP contribution in [0.2, 0.25) is 0 Å². The molecule has 0 bridgehead atoms. The topological polar surface area (TPSA) is 90.1 Å². The Morgan fingerprint density at radius 2 is 1.79 bits per heavy atom. The molecule has 2 heterocycles. The number of hydrogen-bond acceptors (Lipinski definition) is 5. The van der Waals surface area contributed by atoms with Gasteiger partial charge in [-0.1, -0.05) is 0 Å². The molecule has 2 rings (SSSR count). The second-order valence-electron chi connectivity index (χ2n) is 7.59. The van der Waals surface area contributed by atoms with E-state index in [4.69, 9.17) is 5.73 Å². The zero-order valence-corrected chi connectivity index (χ0v) is 17.2. The number of nitrogens with two attached hydrogens (primary N) is 1. The van der Waals surface area contributed by atoms with Gasteiger partial charge in [-0.15, -0.1) is 0 Å². The summed E-state index contributed by atoms with van der Waals surface area (Å²) in [6.45, 7) is 7.85. The summed E-state index contributed by atoms with van der Waals surface area (Å²) in [6, 6.07) is 4.43. The first kappa shape index (κ1) is 24.4. The number of carbonyl (C=O) groups is 1. The minimum absolute atomic E-state index is 0. The van der Waals surface area contributed by atoms with Crippen LogP contribution >= 0.6 is 0 Å². The maximum absolute atomic E-state index is 12.2. The molecule has 9 heteroatoms. The van der Waals surface area contributed by atoms with E-state index in [1.165, 1.54) is 18.6 Å². The zero-order chi connectivity index (χ0) is 22.2. The van der Waals surface area contributed by atoms with Gasteiger partial charge < -0.3 is 15.8 Å². The molecule has 0 aromatic carbocycles. The van der Waals surface area contributed by atoms with Crippen LogP contribution in [0.4, 0.5) is 13.2 Å². The molecule has 1 unspecified atom stereocenters. The Kier molecular flexibility index (Phi) is 8.57. The van der Waals surface area contributed by atoms with Crippen LogP contribution in [0.3, 0.4) is 0 Å². The van der Waals surface area contributed by atoms with Crippen LogP contribution in [0, 0.1) is 6.92 Å². The second-order valence-corrected chi connectivity index (χ2v) is 7.59. The monoisotopic (exact) mass is 412 g/mol. The lowest BCUT2D eigenvalue weighted by Crippen LogP contribution is -2.27. The van der Waals surface area contributed by atoms with Crippen molar-refractivity contribution in [1.82, 2.24) is 15.3 Å². The van der Waals surface area contributed by atoms with Crippen molar-refractivity contribution in [3.05, 3.63) is 53.5 Å². The summed E-state index contributed by atoms with van der Waals surface area (Å²) >= 11 is 0. The highest BCUT2D eigenvalue weighted by Crippen LogP contribution is 2.22. The molecule has 0 aliphatic rings. The number of ether oxygens (including phenoxy) is 1. The molecule has 2 aromatic rings. The third-order valence-electron chi connectivity index (χ3n) is 3.21. The van der Waals surface area contributed by atoms with Crippen molar-refractivity contribution in [1.29, 1.82) is 0 Å². The SMILES string of the molecule is CC(C)(C)N.Cc1cc(C(C)NC(=O)c2ccncc2)cnc1OCC(F)(F)F. The van der Waals surface area contributed by atoms with Crippen molar-refractivity contribution in [2.45, 2.75) is 52.4 Å². The van der Waals surface area contributed by atoms with Crippen LogP contribution in [0.1, 0.15) is 55.2 Å². The lowest BCUT2D eigenvalue weighted by atomic mass is 10.1. The first-order chi connectivity index (χ1) is 13.3. The fourth-order valence-electron chi connectivity index (χ4n) is 1.99. The quantitative estimate of drug-likeness (QED) is 0.776. The Labute approximate surface area is 168 Å². The van der Waals surface area contributed by atoms with E-state index in [-0.39, 0.29) is 23.4 Å². The lowest BCUT2D eigenvalue weighted by Gasteiger charge is -2.16. The van der Waals surface area contributed by atoms with Crippen LogP contribution in [0.25, 0.3) is 0 Å². The zero-order valence-electron chi connectivity index (χ0n) is 17.2. The van der Waals surface area contributed by atoms with Crippen molar-refractivity contribution < 1.29 is 22.7 Å². The molecule has 0 aliphatic carbocycles. The highest BCUT2D eigenvalue weighted by Gasteiger charge is 2.29. The summed E-state index contributed by atoms with van der Waals surface area (Å²) in [5.74, 6) is -0.358. The van der Waals surface area contributed by atoms with Gasteiger partial charge in [0.05, 0.1) is 6.04 Å². The summed E-state index contributed by atoms with van der Waals surface area (Å²) in [5, 5.41) is 2.79. The van der Waals surface area contributed by atoms with E-state index in [0.29, 0.717) is 16.7 Å². The third-order valence-corrected chi connectivity index (χ3v) is 3.21. The molecule has 0 saturated carbocycles. The van der Waals surface area contributed by atoms with Gasteiger partial charge in [0.15, 0.2) is 6.61 Å². The van der Waals surface area contributed by atoms with Crippen molar-refractivity contribution in [2.75, 3.05) is 6.61 Å². The van der Waals surface area contributed by atoms with Gasteiger partial charge in [0.1, 0.15) is 0 Å². The van der Waals surface area contributed by atoms with Crippen LogP contribution < -0.4 is 15.8 Å². The molecular formula is C20H27F3N4O2. The van der Waals surface area contributed by atoms with Gasteiger partial charge in [-0.25, -0.2) is 4.98 Å². The molecule has 2 aromatic heterocycles. The fraction of sp³-hybridized carbons (Fsp3) is 0.450. The smallest absolute Gasteiger partial charge is 0.422 e. The Morgan fingerprint density at radius 1 is 1.24 bits per heavy atom. The van der Waals surface area contributed by atoms with Gasteiger partial charge in [0, 0.05) is 35.3 Å². The number of rotatable bonds is 5. The van der Waals surface area contributed by atoms with Crippen molar-refractivity contribution in [3.8, 4) is 5.88 Å². The van der Waals surface area contributed by atoms with E-state index in [0.717, 1.165) is 0 Å². The number of amides is 1. The van der Waals surface area contributed by atoms with Gasteiger partial charge in [-0.3, -0.25) is 9.78 Å². The number of hydrogen-bond donors (Lipinski definition) is 2. The Balaban J connectivity index is 0.000000749. The molecule has 160 valence electrons. The Hall–Kier alpha value is -2.68. The summed E-state index contributed by atoms with van der Waals surface area (Å²) in [7, 11) is 0. The van der Waals surface area contributed by atoms with Gasteiger partial charge in [0.2, 0.25) is 5.88 Å². The first-order valence-electron chi connectivity index (χ1n) is 8.92. The number of nitrogens with zero attached hydrogens (tertiary/aromatic N) is 2. The highest BCUT2D eigenvalue weighted by atomic mass is 19.4. The average Bonchev–Trinajstić information content (AvgIpc) is 2.59. The fourth-order valence-corrected chi connectivity index (χ4v) is 1.99. The summed E-state index contributed by atoms with van der Waals surface area (Å²) in [4.78, 5) is 19.8. The summed E-state index contributed by atoms with van der Waals surface area (Å²) in [5.41, 5.74) is 6.94. The first-order valence-corrected chi connectivity index (χ1v) is 8.92. The van der Waals surface area contributed by atoms with E-state index >= 15 is 0 Å². The van der Waals surface area contributed by atoms with E-state index in [2.05, 4.69) is 20.0 Å². The minimum atomic E-state index is -4.42. The number of halogens is 3. The molecular weight excluding hydrogens is 385 g/mol. The normalized spacial score (nSPS) is 12.4. The van der Waals surface area contributed by atoms with E-state index < -0.39 is 12.8 Å². The van der Waals surface area contributed by atoms with E-state index in [9.17, 15) is 18.0 Å². The van der Waals surface area contributed by atoms with Gasteiger partial charge in [-0.05, 0) is 58.4 Å².